The molecule has 1 heterocycles. The largest absolute Gasteiger partial charge is 0.477 e. The molecule has 4 nitrogen and oxygen atoms in total. The molecule has 0 amide bonds. The average molecular weight is 322 g/mol. The van der Waals surface area contributed by atoms with Crippen LogP contribution in [0.4, 0.5) is 0 Å². The molecule has 1 aromatic heterocycles. The quantitative estimate of drug-likeness (QED) is 0.929. The van der Waals surface area contributed by atoms with Crippen LogP contribution in [0.25, 0.3) is 0 Å². The van der Waals surface area contributed by atoms with E-state index in [1.165, 1.54) is 6.20 Å². The zero-order valence-electron chi connectivity index (χ0n) is 10.5. The van der Waals surface area contributed by atoms with Crippen LogP contribution in [0.2, 0.25) is 0 Å². The SMILES string of the molecule is Cc1ccc(Br)cc1Oc1nccc(C)c1C(=O)O. The highest BCUT2D eigenvalue weighted by molar-refractivity contribution is 9.10. The predicted molar refractivity (Wildman–Crippen MR) is 74.9 cm³/mol. The Labute approximate surface area is 119 Å². The molecule has 0 aliphatic carbocycles. The van der Waals surface area contributed by atoms with Gasteiger partial charge in [-0.25, -0.2) is 9.78 Å². The molecule has 0 unspecified atom stereocenters. The molecule has 2 rings (SSSR count). The maximum Gasteiger partial charge on any atom is 0.341 e. The Balaban J connectivity index is 2.46. The van der Waals surface area contributed by atoms with E-state index in [9.17, 15) is 9.90 Å². The molecule has 0 saturated carbocycles. The van der Waals surface area contributed by atoms with E-state index in [2.05, 4.69) is 20.9 Å². The second kappa shape index (κ2) is 5.40. The minimum Gasteiger partial charge on any atom is -0.477 e. The lowest BCUT2D eigenvalue weighted by molar-refractivity contribution is 0.0692. The van der Waals surface area contributed by atoms with Gasteiger partial charge in [-0.2, -0.15) is 0 Å². The summed E-state index contributed by atoms with van der Waals surface area (Å²) in [5, 5.41) is 9.22. The fourth-order valence-electron chi connectivity index (χ4n) is 1.66. The van der Waals surface area contributed by atoms with Crippen LogP contribution in [0.1, 0.15) is 21.5 Å². The van der Waals surface area contributed by atoms with E-state index in [0.717, 1.165) is 10.0 Å². The van der Waals surface area contributed by atoms with Crippen LogP contribution in [0.3, 0.4) is 0 Å². The summed E-state index contributed by atoms with van der Waals surface area (Å²) in [5.74, 6) is -0.364. The number of hydrogen-bond donors (Lipinski definition) is 1. The van der Waals surface area contributed by atoms with Crippen LogP contribution < -0.4 is 4.74 Å². The lowest BCUT2D eigenvalue weighted by Crippen LogP contribution is -2.05. The van der Waals surface area contributed by atoms with E-state index in [-0.39, 0.29) is 11.4 Å². The number of rotatable bonds is 3. The molecule has 1 N–H and O–H groups in total. The Morgan fingerprint density at radius 1 is 1.26 bits per heavy atom. The van der Waals surface area contributed by atoms with E-state index < -0.39 is 5.97 Å². The van der Waals surface area contributed by atoms with Crippen LogP contribution in [-0.2, 0) is 0 Å². The summed E-state index contributed by atoms with van der Waals surface area (Å²) in [6, 6.07) is 7.20. The monoisotopic (exact) mass is 321 g/mol. The third kappa shape index (κ3) is 2.93. The predicted octanol–water partition coefficient (Wildman–Crippen LogP) is 3.95. The van der Waals surface area contributed by atoms with Crippen molar-refractivity contribution in [3.63, 3.8) is 0 Å². The van der Waals surface area contributed by atoms with Crippen LogP contribution >= 0.6 is 15.9 Å². The van der Waals surface area contributed by atoms with Crippen molar-refractivity contribution < 1.29 is 14.6 Å². The Kier molecular flexibility index (Phi) is 3.85. The van der Waals surface area contributed by atoms with Crippen molar-refractivity contribution in [3.05, 3.63) is 51.6 Å². The summed E-state index contributed by atoms with van der Waals surface area (Å²) in [6.07, 6.45) is 1.53. The number of nitrogens with zero attached hydrogens (tertiary/aromatic N) is 1. The minimum absolute atomic E-state index is 0.0851. The smallest absolute Gasteiger partial charge is 0.341 e. The summed E-state index contributed by atoms with van der Waals surface area (Å²) in [5.41, 5.74) is 1.61. The minimum atomic E-state index is -1.05. The van der Waals surface area contributed by atoms with Gasteiger partial charge in [0.2, 0.25) is 5.88 Å². The zero-order valence-corrected chi connectivity index (χ0v) is 12.1. The first-order valence-electron chi connectivity index (χ1n) is 5.62. The Morgan fingerprint density at radius 2 is 2.00 bits per heavy atom. The molecule has 1 aromatic carbocycles. The molecule has 0 aliphatic rings. The third-order valence-electron chi connectivity index (χ3n) is 2.70. The normalized spacial score (nSPS) is 10.3. The zero-order chi connectivity index (χ0) is 14.0. The summed E-state index contributed by atoms with van der Waals surface area (Å²) in [4.78, 5) is 15.3. The van der Waals surface area contributed by atoms with Crippen molar-refractivity contribution in [1.29, 1.82) is 0 Å². The first-order valence-corrected chi connectivity index (χ1v) is 6.41. The molecular weight excluding hydrogens is 310 g/mol. The molecule has 19 heavy (non-hydrogen) atoms. The Hall–Kier alpha value is -1.88. The molecular formula is C14H12BrNO3. The van der Waals surface area contributed by atoms with Gasteiger partial charge in [-0.1, -0.05) is 22.0 Å². The summed E-state index contributed by atoms with van der Waals surface area (Å²) >= 11 is 3.35. The fourth-order valence-corrected chi connectivity index (χ4v) is 2.00. The molecule has 2 aromatic rings. The van der Waals surface area contributed by atoms with Crippen molar-refractivity contribution >= 4 is 21.9 Å². The van der Waals surface area contributed by atoms with Gasteiger partial charge in [0.05, 0.1) is 0 Å². The molecule has 0 aliphatic heterocycles. The van der Waals surface area contributed by atoms with Gasteiger partial charge >= 0.3 is 5.97 Å². The number of halogens is 1. The molecule has 0 spiro atoms. The average Bonchev–Trinajstić information content (AvgIpc) is 2.33. The van der Waals surface area contributed by atoms with E-state index in [1.807, 2.05) is 19.1 Å². The third-order valence-corrected chi connectivity index (χ3v) is 3.19. The number of ether oxygens (including phenoxy) is 1. The molecule has 0 atom stereocenters. The summed E-state index contributed by atoms with van der Waals surface area (Å²) in [6.45, 7) is 3.60. The first-order chi connectivity index (χ1) is 8.99. The number of benzene rings is 1. The highest BCUT2D eigenvalue weighted by Crippen LogP contribution is 2.29. The van der Waals surface area contributed by atoms with Gasteiger partial charge < -0.3 is 9.84 Å². The number of aryl methyl sites for hydroxylation is 2. The lowest BCUT2D eigenvalue weighted by atomic mass is 10.1. The first kappa shape index (κ1) is 13.5. The second-order valence-corrected chi connectivity index (χ2v) is 5.04. The van der Waals surface area contributed by atoms with Crippen molar-refractivity contribution in [3.8, 4) is 11.6 Å². The summed E-state index contributed by atoms with van der Waals surface area (Å²) in [7, 11) is 0. The van der Waals surface area contributed by atoms with Gasteiger partial charge in [0.1, 0.15) is 11.3 Å². The van der Waals surface area contributed by atoms with Gasteiger partial charge in [0.15, 0.2) is 0 Å². The van der Waals surface area contributed by atoms with Gasteiger partial charge in [-0.15, -0.1) is 0 Å². The van der Waals surface area contributed by atoms with Crippen LogP contribution in [-0.4, -0.2) is 16.1 Å². The van der Waals surface area contributed by atoms with Gasteiger partial charge in [0.25, 0.3) is 0 Å². The maximum atomic E-state index is 11.3. The van der Waals surface area contributed by atoms with Crippen molar-refractivity contribution in [2.45, 2.75) is 13.8 Å². The standard InChI is InChI=1S/C14H12BrNO3/c1-8-3-4-10(15)7-11(8)19-13-12(14(17)18)9(2)5-6-16-13/h3-7H,1-2H3,(H,17,18). The van der Waals surface area contributed by atoms with E-state index >= 15 is 0 Å². The van der Waals surface area contributed by atoms with Crippen LogP contribution in [0, 0.1) is 13.8 Å². The maximum absolute atomic E-state index is 11.3. The topological polar surface area (TPSA) is 59.4 Å². The fraction of sp³-hybridized carbons (Fsp3) is 0.143. The molecule has 5 heteroatoms. The molecule has 0 radical (unpaired) electrons. The lowest BCUT2D eigenvalue weighted by Gasteiger charge is -2.11. The molecule has 0 bridgehead atoms. The number of aromatic nitrogens is 1. The van der Waals surface area contributed by atoms with Gasteiger partial charge in [-0.05, 0) is 43.2 Å². The molecule has 98 valence electrons. The van der Waals surface area contributed by atoms with E-state index in [0.29, 0.717) is 11.3 Å². The van der Waals surface area contributed by atoms with E-state index in [1.54, 1.807) is 19.1 Å². The van der Waals surface area contributed by atoms with Crippen LogP contribution in [0.5, 0.6) is 11.6 Å². The van der Waals surface area contributed by atoms with Crippen LogP contribution in [0.15, 0.2) is 34.9 Å². The van der Waals surface area contributed by atoms with Crippen molar-refractivity contribution in [2.75, 3.05) is 0 Å². The van der Waals surface area contributed by atoms with Gasteiger partial charge in [-0.3, -0.25) is 0 Å². The van der Waals surface area contributed by atoms with E-state index in [4.69, 9.17) is 4.74 Å². The number of pyridine rings is 1. The molecule has 0 saturated heterocycles. The Morgan fingerprint density at radius 3 is 2.68 bits per heavy atom. The van der Waals surface area contributed by atoms with Crippen molar-refractivity contribution in [2.24, 2.45) is 0 Å². The number of carboxylic acid groups (broad SMARTS) is 1. The Bertz CT molecular complexity index is 641. The number of carboxylic acids is 1. The highest BCUT2D eigenvalue weighted by Gasteiger charge is 2.17. The number of hydrogen-bond acceptors (Lipinski definition) is 3. The molecule has 0 fully saturated rings. The highest BCUT2D eigenvalue weighted by atomic mass is 79.9. The van der Waals surface area contributed by atoms with Gasteiger partial charge in [0, 0.05) is 10.7 Å². The summed E-state index contributed by atoms with van der Waals surface area (Å²) < 4.78 is 6.50. The number of carbonyl (C=O) groups is 1. The van der Waals surface area contributed by atoms with Crippen molar-refractivity contribution in [1.82, 2.24) is 4.98 Å². The number of aromatic carboxylic acids is 1. The second-order valence-electron chi connectivity index (χ2n) is 4.13.